The second kappa shape index (κ2) is 7.58. The molecule has 1 aromatic carbocycles. The van der Waals surface area contributed by atoms with Crippen molar-refractivity contribution < 1.29 is 34.3 Å². The molecule has 0 aromatic heterocycles. The molecule has 2 aliphatic heterocycles. The van der Waals surface area contributed by atoms with E-state index >= 15 is 0 Å². The van der Waals surface area contributed by atoms with Crippen LogP contribution < -0.4 is 5.48 Å². The van der Waals surface area contributed by atoms with Gasteiger partial charge in [-0.1, -0.05) is 5.16 Å². The molecule has 27 heavy (non-hydrogen) atoms. The van der Waals surface area contributed by atoms with E-state index in [1.807, 2.05) is 5.48 Å². The Hall–Kier alpha value is -3.21. The Morgan fingerprint density at radius 2 is 2.11 bits per heavy atom. The zero-order valence-corrected chi connectivity index (χ0v) is 14.9. The van der Waals surface area contributed by atoms with Crippen LogP contribution in [0.4, 0.5) is 0 Å². The molecule has 0 spiro atoms. The number of carbonyl (C=O) groups is 3. The van der Waals surface area contributed by atoms with Gasteiger partial charge in [-0.05, 0) is 24.3 Å². The number of hydroxylamine groups is 1. The summed E-state index contributed by atoms with van der Waals surface area (Å²) in [6.45, 7) is 0. The zero-order valence-electron chi connectivity index (χ0n) is 14.0. The number of nitrogens with one attached hydrogen (secondary N) is 1. The Balaban J connectivity index is 1.68. The number of rotatable bonds is 4. The first kappa shape index (κ1) is 18.6. The van der Waals surface area contributed by atoms with E-state index in [9.17, 15) is 24.6 Å². The molecule has 0 bridgehead atoms. The van der Waals surface area contributed by atoms with Crippen molar-refractivity contribution in [3.8, 4) is 11.5 Å². The number of amides is 2. The summed E-state index contributed by atoms with van der Waals surface area (Å²) in [6, 6.07) is 3.58. The molecule has 2 amide bonds. The van der Waals surface area contributed by atoms with Gasteiger partial charge in [0.25, 0.3) is 0 Å². The monoisotopic (exact) mass is 393 g/mol. The number of thioether (sulfide) groups is 1. The number of hydrogen-bond donors (Lipinski definition) is 3. The summed E-state index contributed by atoms with van der Waals surface area (Å²) in [5.41, 5.74) is 1.83. The predicted molar refractivity (Wildman–Crippen MR) is 93.3 cm³/mol. The number of nitrogens with zero attached hydrogens (tertiary/aromatic N) is 2. The lowest BCUT2D eigenvalue weighted by Crippen LogP contribution is -2.53. The molecule has 1 aromatic rings. The van der Waals surface area contributed by atoms with Gasteiger partial charge >= 0.3 is 11.9 Å². The minimum absolute atomic E-state index is 0.0720. The molecule has 0 unspecified atom stereocenters. The number of fused-ring (bicyclic) bond motifs is 1. The van der Waals surface area contributed by atoms with E-state index in [1.54, 1.807) is 6.08 Å². The van der Waals surface area contributed by atoms with Gasteiger partial charge in [0.05, 0.1) is 11.8 Å². The molecule has 3 N–H and O–H groups in total. The fourth-order valence-corrected chi connectivity index (χ4v) is 3.63. The van der Waals surface area contributed by atoms with E-state index in [2.05, 4.69) is 9.99 Å². The summed E-state index contributed by atoms with van der Waals surface area (Å²) in [5, 5.41) is 22.4. The third-order valence-electron chi connectivity index (χ3n) is 3.82. The SMILES string of the molecule is CON=C(C(=O)NOC(=O)C1=CCS[C@H]2CC(=O)N12)c1ccc(O)c(O)c1. The predicted octanol–water partition coefficient (Wildman–Crippen LogP) is 0.212. The van der Waals surface area contributed by atoms with Crippen molar-refractivity contribution >= 4 is 35.3 Å². The van der Waals surface area contributed by atoms with Crippen LogP contribution in [-0.4, -0.2) is 56.8 Å². The van der Waals surface area contributed by atoms with Gasteiger partial charge in [0.2, 0.25) is 5.91 Å². The third kappa shape index (κ3) is 3.67. The van der Waals surface area contributed by atoms with Gasteiger partial charge in [0, 0.05) is 11.3 Å². The Labute approximate surface area is 157 Å². The number of benzene rings is 1. The minimum atomic E-state index is -0.924. The van der Waals surface area contributed by atoms with Gasteiger partial charge in [-0.15, -0.1) is 11.8 Å². The van der Waals surface area contributed by atoms with Gasteiger partial charge in [-0.2, -0.15) is 5.48 Å². The topological polar surface area (TPSA) is 138 Å². The molecule has 11 heteroatoms. The quantitative estimate of drug-likeness (QED) is 0.286. The largest absolute Gasteiger partial charge is 0.504 e. The maximum absolute atomic E-state index is 12.3. The molecule has 1 fully saturated rings. The van der Waals surface area contributed by atoms with E-state index in [-0.39, 0.29) is 34.0 Å². The van der Waals surface area contributed by atoms with Crippen molar-refractivity contribution in [1.82, 2.24) is 10.4 Å². The van der Waals surface area contributed by atoms with Crippen LogP contribution in [0.3, 0.4) is 0 Å². The third-order valence-corrected chi connectivity index (χ3v) is 4.94. The summed E-state index contributed by atoms with van der Waals surface area (Å²) in [5.74, 6) is -2.29. The van der Waals surface area contributed by atoms with E-state index in [0.717, 1.165) is 12.1 Å². The van der Waals surface area contributed by atoms with Crippen LogP contribution in [0.2, 0.25) is 0 Å². The molecule has 1 saturated heterocycles. The highest BCUT2D eigenvalue weighted by molar-refractivity contribution is 8.00. The van der Waals surface area contributed by atoms with Crippen molar-refractivity contribution in [2.75, 3.05) is 12.9 Å². The van der Waals surface area contributed by atoms with Crippen molar-refractivity contribution in [2.24, 2.45) is 5.16 Å². The van der Waals surface area contributed by atoms with Crippen LogP contribution >= 0.6 is 11.8 Å². The number of carbonyl (C=O) groups excluding carboxylic acids is 3. The molecular formula is C16H15N3O7S. The zero-order chi connectivity index (χ0) is 19.6. The van der Waals surface area contributed by atoms with E-state index in [1.165, 1.54) is 29.8 Å². The number of hydrogen-bond acceptors (Lipinski definition) is 9. The molecule has 10 nitrogen and oxygen atoms in total. The number of phenolic OH excluding ortho intramolecular Hbond substituents is 2. The van der Waals surface area contributed by atoms with Crippen LogP contribution in [0, 0.1) is 0 Å². The summed E-state index contributed by atoms with van der Waals surface area (Å²) >= 11 is 1.53. The highest BCUT2D eigenvalue weighted by Gasteiger charge is 2.43. The molecule has 3 rings (SSSR count). The Morgan fingerprint density at radius 3 is 2.78 bits per heavy atom. The number of aromatic hydroxyl groups is 2. The summed E-state index contributed by atoms with van der Waals surface area (Å²) in [7, 11) is 1.21. The molecule has 2 aliphatic rings. The molecule has 0 aliphatic carbocycles. The number of phenols is 2. The van der Waals surface area contributed by atoms with Crippen molar-refractivity contribution in [3.63, 3.8) is 0 Å². The summed E-state index contributed by atoms with van der Waals surface area (Å²) in [4.78, 5) is 46.9. The second-order valence-corrected chi connectivity index (χ2v) is 6.70. The van der Waals surface area contributed by atoms with Crippen molar-refractivity contribution in [3.05, 3.63) is 35.5 Å². The normalized spacial score (nSPS) is 18.8. The van der Waals surface area contributed by atoms with Gasteiger partial charge < -0.3 is 19.9 Å². The van der Waals surface area contributed by atoms with Gasteiger partial charge in [-0.25, -0.2) is 4.79 Å². The standard InChI is InChI=1S/C16H15N3O7S/c1-25-17-14(8-2-3-10(20)11(21)6-8)15(23)18-26-16(24)9-4-5-27-13-7-12(22)19(9)13/h2-4,6,13,20-21H,5,7H2,1H3,(H,18,23)/t13-/m0/s1. The highest BCUT2D eigenvalue weighted by atomic mass is 32.2. The van der Waals surface area contributed by atoms with Crippen molar-refractivity contribution in [2.45, 2.75) is 11.8 Å². The summed E-state index contributed by atoms with van der Waals surface area (Å²) in [6.07, 6.45) is 1.91. The van der Waals surface area contributed by atoms with Gasteiger partial charge in [0.15, 0.2) is 17.2 Å². The maximum atomic E-state index is 12.3. The van der Waals surface area contributed by atoms with Crippen LogP contribution in [-0.2, 0) is 24.1 Å². The Bertz CT molecular complexity index is 868. The molecule has 0 saturated carbocycles. The lowest BCUT2D eigenvalue weighted by Gasteiger charge is -2.42. The molecule has 0 radical (unpaired) electrons. The van der Waals surface area contributed by atoms with E-state index < -0.39 is 17.6 Å². The smallest absolute Gasteiger partial charge is 0.379 e. The van der Waals surface area contributed by atoms with Crippen LogP contribution in [0.5, 0.6) is 11.5 Å². The molecule has 2 heterocycles. The Morgan fingerprint density at radius 1 is 1.33 bits per heavy atom. The van der Waals surface area contributed by atoms with E-state index in [4.69, 9.17) is 4.84 Å². The molecule has 142 valence electrons. The lowest BCUT2D eigenvalue weighted by atomic mass is 10.1. The number of oxime groups is 1. The maximum Gasteiger partial charge on any atom is 0.379 e. The number of β-lactam (4-membered cyclic amide) rings is 1. The van der Waals surface area contributed by atoms with Crippen LogP contribution in [0.25, 0.3) is 0 Å². The van der Waals surface area contributed by atoms with Gasteiger partial charge in [0.1, 0.15) is 12.8 Å². The first-order valence-electron chi connectivity index (χ1n) is 7.71. The van der Waals surface area contributed by atoms with Crippen molar-refractivity contribution in [1.29, 1.82) is 0 Å². The highest BCUT2D eigenvalue weighted by Crippen LogP contribution is 2.37. The lowest BCUT2D eigenvalue weighted by molar-refractivity contribution is -0.157. The molecular weight excluding hydrogens is 378 g/mol. The van der Waals surface area contributed by atoms with Crippen LogP contribution in [0.1, 0.15) is 12.0 Å². The average molecular weight is 393 g/mol. The second-order valence-electron chi connectivity index (χ2n) is 5.49. The van der Waals surface area contributed by atoms with Crippen LogP contribution in [0.15, 0.2) is 35.1 Å². The molecule has 1 atom stereocenters. The minimum Gasteiger partial charge on any atom is -0.504 e. The summed E-state index contributed by atoms with van der Waals surface area (Å²) < 4.78 is 0. The fourth-order valence-electron chi connectivity index (χ4n) is 2.51. The first-order valence-corrected chi connectivity index (χ1v) is 8.76. The van der Waals surface area contributed by atoms with Gasteiger partial charge in [-0.3, -0.25) is 14.5 Å². The van der Waals surface area contributed by atoms with E-state index in [0.29, 0.717) is 12.2 Å². The Kier molecular flexibility index (Phi) is 5.21. The first-order chi connectivity index (χ1) is 12.9. The average Bonchev–Trinajstić information content (AvgIpc) is 2.64. The fraction of sp³-hybridized carbons (Fsp3) is 0.250.